The number of hydrogen-bond donors (Lipinski definition) is 0. The molecule has 0 aromatic carbocycles. The van der Waals surface area contributed by atoms with Crippen LogP contribution in [0.1, 0.15) is 18.3 Å². The van der Waals surface area contributed by atoms with Gasteiger partial charge in [-0.2, -0.15) is 9.61 Å². The molecule has 0 radical (unpaired) electrons. The molecule has 0 spiro atoms. The van der Waals surface area contributed by atoms with Crippen molar-refractivity contribution >= 4 is 21.6 Å². The van der Waals surface area contributed by atoms with Gasteiger partial charge in [-0.25, -0.2) is 4.98 Å². The minimum atomic E-state index is 0.367. The summed E-state index contributed by atoms with van der Waals surface area (Å²) in [5.74, 6) is 0.607. The van der Waals surface area contributed by atoms with Crippen molar-refractivity contribution in [2.75, 3.05) is 6.61 Å². The maximum Gasteiger partial charge on any atom is 0.218 e. The third-order valence-electron chi connectivity index (χ3n) is 3.00. The first-order valence-corrected chi connectivity index (χ1v) is 7.71. The molecule has 0 bridgehead atoms. The molecule has 0 fully saturated rings. The number of ether oxygens (including phenoxy) is 2. The van der Waals surface area contributed by atoms with Crippen molar-refractivity contribution in [3.05, 3.63) is 52.5 Å². The fourth-order valence-electron chi connectivity index (χ4n) is 1.97. The van der Waals surface area contributed by atoms with E-state index in [1.54, 1.807) is 16.9 Å². The Morgan fingerprint density at radius 1 is 1.23 bits per heavy atom. The standard InChI is InChI=1S/C15H15BrN4O2/c1-2-21-9-12-7-14(20-15(19-12)13(16)8-18-20)22-10-11-5-3-4-6-17-11/h3-8H,2,9-10H2,1H3. The zero-order chi connectivity index (χ0) is 15.4. The van der Waals surface area contributed by atoms with Crippen molar-refractivity contribution in [3.8, 4) is 5.88 Å². The molecule has 0 saturated heterocycles. The lowest BCUT2D eigenvalue weighted by Gasteiger charge is -2.10. The summed E-state index contributed by atoms with van der Waals surface area (Å²) >= 11 is 3.44. The number of rotatable bonds is 6. The van der Waals surface area contributed by atoms with Crippen molar-refractivity contribution < 1.29 is 9.47 Å². The van der Waals surface area contributed by atoms with E-state index in [1.165, 1.54) is 0 Å². The van der Waals surface area contributed by atoms with E-state index in [1.807, 2.05) is 31.2 Å². The zero-order valence-corrected chi connectivity index (χ0v) is 13.7. The van der Waals surface area contributed by atoms with Gasteiger partial charge in [-0.15, -0.1) is 0 Å². The molecule has 0 amide bonds. The van der Waals surface area contributed by atoms with Crippen LogP contribution in [0.3, 0.4) is 0 Å². The molecule has 3 aromatic rings. The van der Waals surface area contributed by atoms with Crippen LogP contribution in [0.4, 0.5) is 0 Å². The van der Waals surface area contributed by atoms with Gasteiger partial charge in [0.2, 0.25) is 5.88 Å². The van der Waals surface area contributed by atoms with E-state index in [4.69, 9.17) is 9.47 Å². The largest absolute Gasteiger partial charge is 0.471 e. The molecule has 3 aromatic heterocycles. The third-order valence-corrected chi connectivity index (χ3v) is 3.56. The molecule has 0 saturated carbocycles. The highest BCUT2D eigenvalue weighted by molar-refractivity contribution is 9.10. The highest BCUT2D eigenvalue weighted by Gasteiger charge is 2.11. The summed E-state index contributed by atoms with van der Waals surface area (Å²) in [6, 6.07) is 7.56. The first kappa shape index (κ1) is 14.9. The zero-order valence-electron chi connectivity index (χ0n) is 12.1. The van der Waals surface area contributed by atoms with Crippen LogP contribution >= 0.6 is 15.9 Å². The summed E-state index contributed by atoms with van der Waals surface area (Å²) in [6.45, 7) is 3.39. The summed E-state index contributed by atoms with van der Waals surface area (Å²) in [5, 5.41) is 4.27. The van der Waals surface area contributed by atoms with Gasteiger partial charge in [-0.1, -0.05) is 6.07 Å². The van der Waals surface area contributed by atoms with Crippen molar-refractivity contribution in [1.82, 2.24) is 19.6 Å². The van der Waals surface area contributed by atoms with Crippen LogP contribution in [0.5, 0.6) is 5.88 Å². The molecule has 3 heterocycles. The molecule has 0 unspecified atom stereocenters. The normalized spacial score (nSPS) is 11.0. The second kappa shape index (κ2) is 6.85. The molecule has 3 rings (SSSR count). The fraction of sp³-hybridized carbons (Fsp3) is 0.267. The predicted molar refractivity (Wildman–Crippen MR) is 84.6 cm³/mol. The topological polar surface area (TPSA) is 61.5 Å². The third kappa shape index (κ3) is 3.26. The Morgan fingerprint density at radius 2 is 2.14 bits per heavy atom. The number of pyridine rings is 1. The number of aromatic nitrogens is 4. The Kier molecular flexibility index (Phi) is 4.65. The van der Waals surface area contributed by atoms with Gasteiger partial charge >= 0.3 is 0 Å². The minimum Gasteiger partial charge on any atom is -0.471 e. The Hall–Kier alpha value is -1.99. The van der Waals surface area contributed by atoms with Crippen molar-refractivity contribution in [3.63, 3.8) is 0 Å². The number of hydrogen-bond acceptors (Lipinski definition) is 5. The van der Waals surface area contributed by atoms with E-state index in [0.29, 0.717) is 31.3 Å². The number of halogens is 1. The van der Waals surface area contributed by atoms with Gasteiger partial charge in [0.15, 0.2) is 5.65 Å². The van der Waals surface area contributed by atoms with Gasteiger partial charge < -0.3 is 9.47 Å². The molecular formula is C15H15BrN4O2. The highest BCUT2D eigenvalue weighted by atomic mass is 79.9. The van der Waals surface area contributed by atoms with Crippen molar-refractivity contribution in [2.24, 2.45) is 0 Å². The first-order chi connectivity index (χ1) is 10.8. The Bertz CT molecular complexity index is 761. The van der Waals surface area contributed by atoms with Gasteiger partial charge in [0.1, 0.15) is 6.61 Å². The van der Waals surface area contributed by atoms with E-state index in [9.17, 15) is 0 Å². The fourth-order valence-corrected chi connectivity index (χ4v) is 2.32. The molecule has 0 aliphatic heterocycles. The molecular weight excluding hydrogens is 348 g/mol. The average molecular weight is 363 g/mol. The monoisotopic (exact) mass is 362 g/mol. The maximum absolute atomic E-state index is 5.86. The van der Waals surface area contributed by atoms with Crippen LogP contribution in [-0.2, 0) is 18.0 Å². The summed E-state index contributed by atoms with van der Waals surface area (Å²) in [6.07, 6.45) is 3.44. The smallest absolute Gasteiger partial charge is 0.218 e. The highest BCUT2D eigenvalue weighted by Crippen LogP contribution is 2.22. The van der Waals surface area contributed by atoms with Crippen LogP contribution in [0, 0.1) is 0 Å². The van der Waals surface area contributed by atoms with Gasteiger partial charge in [0.25, 0.3) is 0 Å². The summed E-state index contributed by atoms with van der Waals surface area (Å²) in [5.41, 5.74) is 2.35. The Balaban J connectivity index is 1.89. The van der Waals surface area contributed by atoms with Gasteiger partial charge in [-0.3, -0.25) is 4.98 Å². The lowest BCUT2D eigenvalue weighted by Crippen LogP contribution is -2.06. The van der Waals surface area contributed by atoms with Crippen molar-refractivity contribution in [2.45, 2.75) is 20.1 Å². The minimum absolute atomic E-state index is 0.367. The SMILES string of the molecule is CCOCc1cc(OCc2ccccn2)n2ncc(Br)c2n1. The van der Waals surface area contributed by atoms with Crippen LogP contribution < -0.4 is 4.74 Å². The van der Waals surface area contributed by atoms with E-state index in [-0.39, 0.29) is 0 Å². The second-order valence-corrected chi connectivity index (χ2v) is 5.41. The molecule has 114 valence electrons. The van der Waals surface area contributed by atoms with Crippen LogP contribution in [-0.4, -0.2) is 26.2 Å². The van der Waals surface area contributed by atoms with Crippen molar-refractivity contribution in [1.29, 1.82) is 0 Å². The molecule has 7 heteroatoms. The second-order valence-electron chi connectivity index (χ2n) is 4.56. The Labute approximate surface area is 136 Å². The van der Waals surface area contributed by atoms with Gasteiger partial charge in [0, 0.05) is 18.9 Å². The maximum atomic E-state index is 5.86. The van der Waals surface area contributed by atoms with Crippen LogP contribution in [0.15, 0.2) is 41.1 Å². The molecule has 0 N–H and O–H groups in total. The van der Waals surface area contributed by atoms with Crippen LogP contribution in [0.2, 0.25) is 0 Å². The van der Waals surface area contributed by atoms with Gasteiger partial charge in [-0.05, 0) is 35.0 Å². The molecule has 0 aliphatic carbocycles. The molecule has 0 atom stereocenters. The summed E-state index contributed by atoms with van der Waals surface area (Å²) in [7, 11) is 0. The summed E-state index contributed by atoms with van der Waals surface area (Å²) in [4.78, 5) is 8.77. The first-order valence-electron chi connectivity index (χ1n) is 6.91. The lowest BCUT2D eigenvalue weighted by molar-refractivity contribution is 0.131. The quantitative estimate of drug-likeness (QED) is 0.674. The molecule has 22 heavy (non-hydrogen) atoms. The average Bonchev–Trinajstić information content (AvgIpc) is 2.93. The number of fused-ring (bicyclic) bond motifs is 1. The summed E-state index contributed by atoms with van der Waals surface area (Å²) < 4.78 is 13.8. The molecule has 0 aliphatic rings. The van der Waals surface area contributed by atoms with E-state index in [2.05, 4.69) is 31.0 Å². The van der Waals surface area contributed by atoms with Gasteiger partial charge in [0.05, 0.1) is 28.7 Å². The number of nitrogens with zero attached hydrogens (tertiary/aromatic N) is 4. The Morgan fingerprint density at radius 3 is 2.91 bits per heavy atom. The van der Waals surface area contributed by atoms with E-state index < -0.39 is 0 Å². The van der Waals surface area contributed by atoms with E-state index in [0.717, 1.165) is 15.9 Å². The predicted octanol–water partition coefficient (Wildman–Crippen LogP) is 3.00. The lowest BCUT2D eigenvalue weighted by atomic mass is 10.4. The van der Waals surface area contributed by atoms with E-state index >= 15 is 0 Å². The van der Waals surface area contributed by atoms with Crippen LogP contribution in [0.25, 0.3) is 5.65 Å². The molecule has 6 nitrogen and oxygen atoms in total.